The number of carbonyl (C=O) groups is 1. The van der Waals surface area contributed by atoms with Gasteiger partial charge >= 0.3 is 0 Å². The molecule has 0 unspecified atom stereocenters. The van der Waals surface area contributed by atoms with E-state index in [0.717, 1.165) is 23.9 Å². The van der Waals surface area contributed by atoms with Gasteiger partial charge in [0.2, 0.25) is 17.6 Å². The van der Waals surface area contributed by atoms with Gasteiger partial charge in [0.25, 0.3) is 0 Å². The number of imidazole rings is 1. The number of fused-ring (bicyclic) bond motifs is 1. The van der Waals surface area contributed by atoms with Crippen molar-refractivity contribution in [3.05, 3.63) is 60.5 Å². The molecule has 1 N–H and O–H groups in total. The van der Waals surface area contributed by atoms with Gasteiger partial charge in [0.15, 0.2) is 5.82 Å². The van der Waals surface area contributed by atoms with Gasteiger partial charge in [-0.15, -0.1) is 0 Å². The summed E-state index contributed by atoms with van der Waals surface area (Å²) in [4.78, 5) is 39.7. The fourth-order valence-corrected chi connectivity index (χ4v) is 4.87. The van der Waals surface area contributed by atoms with E-state index in [2.05, 4.69) is 37.0 Å². The third-order valence-corrected chi connectivity index (χ3v) is 6.53. The first kappa shape index (κ1) is 22.8. The number of carbonyl (C=O) groups excluding carboxylic acids is 1. The zero-order valence-electron chi connectivity index (χ0n) is 20.5. The van der Waals surface area contributed by atoms with Gasteiger partial charge in [-0.1, -0.05) is 5.16 Å². The summed E-state index contributed by atoms with van der Waals surface area (Å²) in [6, 6.07) is 7.50. The molecule has 11 heteroatoms. The second kappa shape index (κ2) is 9.08. The third-order valence-electron chi connectivity index (χ3n) is 6.53. The summed E-state index contributed by atoms with van der Waals surface area (Å²) in [5.74, 6) is 2.67. The lowest BCUT2D eigenvalue weighted by Crippen LogP contribution is -2.33. The number of H-pyrrole nitrogens is 1. The normalized spacial score (nSPS) is 17.4. The largest absolute Gasteiger partial charge is 0.455 e. The van der Waals surface area contributed by atoms with Crippen molar-refractivity contribution < 1.29 is 14.1 Å². The minimum Gasteiger partial charge on any atom is -0.455 e. The van der Waals surface area contributed by atoms with Crippen molar-refractivity contribution in [2.24, 2.45) is 0 Å². The molecule has 1 aromatic carbocycles. The smallest absolute Gasteiger partial charge is 0.223 e. The minimum atomic E-state index is -0.121. The molecule has 186 valence electrons. The minimum absolute atomic E-state index is 0.0346. The number of hydrogen-bond acceptors (Lipinski definition) is 9. The molecule has 0 radical (unpaired) electrons. The molecule has 1 amide bonds. The van der Waals surface area contributed by atoms with Crippen molar-refractivity contribution in [1.29, 1.82) is 0 Å². The van der Waals surface area contributed by atoms with Crippen LogP contribution in [0, 0.1) is 6.92 Å². The van der Waals surface area contributed by atoms with Crippen LogP contribution in [0.1, 0.15) is 44.2 Å². The number of nitrogens with one attached hydrogen (secondary N) is 1. The number of amides is 1. The van der Waals surface area contributed by atoms with E-state index in [9.17, 15) is 4.79 Å². The highest BCUT2D eigenvalue weighted by Crippen LogP contribution is 2.43. The summed E-state index contributed by atoms with van der Waals surface area (Å²) >= 11 is 0. The van der Waals surface area contributed by atoms with Crippen molar-refractivity contribution in [3.8, 4) is 34.5 Å². The van der Waals surface area contributed by atoms with Crippen LogP contribution in [-0.2, 0) is 4.79 Å². The lowest BCUT2D eigenvalue weighted by atomic mass is 10.0. The van der Waals surface area contributed by atoms with Crippen LogP contribution in [0.4, 0.5) is 0 Å². The summed E-state index contributed by atoms with van der Waals surface area (Å²) in [5, 5.41) is 3.91. The van der Waals surface area contributed by atoms with E-state index in [-0.39, 0.29) is 18.0 Å². The molecular formula is C26H24N8O3. The number of likely N-dealkylation sites (tertiary alicyclic amines) is 1. The topological polar surface area (TPSA) is 136 Å². The lowest BCUT2D eigenvalue weighted by molar-refractivity contribution is -0.131. The van der Waals surface area contributed by atoms with Gasteiger partial charge < -0.3 is 19.1 Å². The molecule has 0 saturated carbocycles. The Bertz CT molecular complexity index is 1580. The predicted octanol–water partition coefficient (Wildman–Crippen LogP) is 4.64. The molecule has 1 fully saturated rings. The molecule has 0 aliphatic carbocycles. The Morgan fingerprint density at radius 2 is 2.00 bits per heavy atom. The Hall–Kier alpha value is -4.67. The van der Waals surface area contributed by atoms with Gasteiger partial charge in [0.1, 0.15) is 22.9 Å². The fraction of sp³-hybridized carbons (Fsp3) is 0.269. The number of aromatic amines is 1. The van der Waals surface area contributed by atoms with Crippen LogP contribution >= 0.6 is 0 Å². The van der Waals surface area contributed by atoms with Gasteiger partial charge in [-0.3, -0.25) is 9.78 Å². The first-order chi connectivity index (χ1) is 18.0. The van der Waals surface area contributed by atoms with E-state index in [1.54, 1.807) is 50.8 Å². The third kappa shape index (κ3) is 4.28. The summed E-state index contributed by atoms with van der Waals surface area (Å²) in [5.41, 5.74) is 3.66. The maximum atomic E-state index is 12.6. The molecular weight excluding hydrogens is 472 g/mol. The average molecular weight is 497 g/mol. The van der Waals surface area contributed by atoms with Gasteiger partial charge in [-0.2, -0.15) is 4.98 Å². The monoisotopic (exact) mass is 496 g/mol. The number of rotatable bonds is 5. The maximum Gasteiger partial charge on any atom is 0.223 e. The Labute approximate surface area is 212 Å². The number of nitrogens with zero attached hydrogens (tertiary/aromatic N) is 7. The van der Waals surface area contributed by atoms with Crippen molar-refractivity contribution in [2.45, 2.75) is 45.7 Å². The van der Waals surface area contributed by atoms with Crippen LogP contribution in [-0.4, -0.2) is 51.9 Å². The van der Waals surface area contributed by atoms with E-state index >= 15 is 0 Å². The maximum absolute atomic E-state index is 12.6. The Morgan fingerprint density at radius 1 is 1.11 bits per heavy atom. The highest BCUT2D eigenvalue weighted by molar-refractivity contribution is 5.82. The quantitative estimate of drug-likeness (QED) is 0.369. The van der Waals surface area contributed by atoms with Crippen molar-refractivity contribution >= 4 is 16.9 Å². The van der Waals surface area contributed by atoms with Crippen LogP contribution in [0.5, 0.6) is 11.5 Å². The highest BCUT2D eigenvalue weighted by Gasteiger charge is 2.35. The SMILES string of the molecule is CC(=O)N1[C@@H](c2cc3[nH]c(-c4cnccn4)nc3cc2Oc2ccc(-c3noc(C)n3)nc2)CC[C@@H]1C. The van der Waals surface area contributed by atoms with E-state index < -0.39 is 0 Å². The molecule has 4 aromatic heterocycles. The van der Waals surface area contributed by atoms with Gasteiger partial charge in [-0.05, 0) is 38.0 Å². The number of aromatic nitrogens is 7. The van der Waals surface area contributed by atoms with Crippen LogP contribution in [0.15, 0.2) is 53.6 Å². The average Bonchev–Trinajstić information content (AvgIpc) is 3.62. The molecule has 0 spiro atoms. The number of pyridine rings is 1. The molecule has 1 saturated heterocycles. The zero-order valence-corrected chi connectivity index (χ0v) is 20.5. The van der Waals surface area contributed by atoms with E-state index in [1.165, 1.54) is 0 Å². The van der Waals surface area contributed by atoms with Gasteiger partial charge in [0.05, 0.1) is 29.5 Å². The lowest BCUT2D eigenvalue weighted by Gasteiger charge is -2.29. The first-order valence-corrected chi connectivity index (χ1v) is 12.0. The summed E-state index contributed by atoms with van der Waals surface area (Å²) in [6.45, 7) is 5.41. The fourth-order valence-electron chi connectivity index (χ4n) is 4.87. The number of hydrogen-bond donors (Lipinski definition) is 1. The summed E-state index contributed by atoms with van der Waals surface area (Å²) < 4.78 is 11.4. The Morgan fingerprint density at radius 3 is 2.70 bits per heavy atom. The standard InChI is InChI=1S/C26H24N8O3/c1-14-4-7-23(34(14)16(3)35)18-10-20-21(32-25(31-20)22-13-27-8-9-28-22)11-24(18)36-17-5-6-19(29-12-17)26-30-15(2)37-33-26/h5-6,8-14,23H,4,7H2,1-3H3,(H,31,32)/t14-,23+/m0/s1. The van der Waals surface area contributed by atoms with Crippen LogP contribution in [0.25, 0.3) is 34.1 Å². The molecule has 6 rings (SSSR count). The molecule has 37 heavy (non-hydrogen) atoms. The van der Waals surface area contributed by atoms with E-state index in [1.807, 2.05) is 17.0 Å². The Kier molecular flexibility index (Phi) is 5.59. The van der Waals surface area contributed by atoms with E-state index in [0.29, 0.717) is 45.9 Å². The zero-order chi connectivity index (χ0) is 25.5. The van der Waals surface area contributed by atoms with E-state index in [4.69, 9.17) is 14.2 Å². The van der Waals surface area contributed by atoms with Crippen molar-refractivity contribution in [1.82, 2.24) is 40.0 Å². The summed E-state index contributed by atoms with van der Waals surface area (Å²) in [6.07, 6.45) is 8.26. The summed E-state index contributed by atoms with van der Waals surface area (Å²) in [7, 11) is 0. The Balaban J connectivity index is 1.41. The van der Waals surface area contributed by atoms with Crippen molar-refractivity contribution in [2.75, 3.05) is 0 Å². The number of aryl methyl sites for hydroxylation is 1. The second-order valence-corrected chi connectivity index (χ2v) is 9.07. The van der Waals surface area contributed by atoms with Gasteiger partial charge in [-0.25, -0.2) is 15.0 Å². The molecule has 11 nitrogen and oxygen atoms in total. The number of benzene rings is 1. The molecule has 1 aliphatic heterocycles. The molecule has 5 aromatic rings. The van der Waals surface area contributed by atoms with Crippen LogP contribution < -0.4 is 4.74 Å². The molecule has 1 aliphatic rings. The van der Waals surface area contributed by atoms with Gasteiger partial charge in [0, 0.05) is 43.9 Å². The van der Waals surface area contributed by atoms with Crippen LogP contribution in [0.2, 0.25) is 0 Å². The molecule has 0 bridgehead atoms. The molecule has 2 atom stereocenters. The second-order valence-electron chi connectivity index (χ2n) is 9.07. The van der Waals surface area contributed by atoms with Crippen molar-refractivity contribution in [3.63, 3.8) is 0 Å². The van der Waals surface area contributed by atoms with Crippen LogP contribution in [0.3, 0.4) is 0 Å². The number of ether oxygens (including phenoxy) is 1. The first-order valence-electron chi connectivity index (χ1n) is 12.0. The molecule has 5 heterocycles. The highest BCUT2D eigenvalue weighted by atomic mass is 16.5. The predicted molar refractivity (Wildman–Crippen MR) is 133 cm³/mol.